The third-order valence-electron chi connectivity index (χ3n) is 3.98. The topological polar surface area (TPSA) is 35.2 Å². The first-order chi connectivity index (χ1) is 7.26. The lowest BCUT2D eigenvalue weighted by Gasteiger charge is -2.30. The first-order valence-corrected chi connectivity index (χ1v) is 6.67. The zero-order valence-electron chi connectivity index (χ0n) is 10.0. The Hall–Kier alpha value is -0.0800. The van der Waals surface area contributed by atoms with Crippen molar-refractivity contribution in [2.45, 2.75) is 69.9 Å². The highest BCUT2D eigenvalue weighted by atomic mass is 16.5. The van der Waals surface area contributed by atoms with Crippen LogP contribution >= 0.6 is 0 Å². The molecule has 1 heterocycles. The van der Waals surface area contributed by atoms with Gasteiger partial charge in [0.2, 0.25) is 0 Å². The van der Waals surface area contributed by atoms with Gasteiger partial charge in [-0.1, -0.05) is 32.6 Å². The molecule has 2 rings (SSSR count). The Kier molecular flexibility index (Phi) is 3.68. The van der Waals surface area contributed by atoms with E-state index < -0.39 is 0 Å². The van der Waals surface area contributed by atoms with E-state index in [9.17, 15) is 0 Å². The van der Waals surface area contributed by atoms with Crippen molar-refractivity contribution in [3.8, 4) is 0 Å². The highest BCUT2D eigenvalue weighted by Crippen LogP contribution is 2.44. The molecule has 2 nitrogen and oxygen atoms in total. The second kappa shape index (κ2) is 4.84. The van der Waals surface area contributed by atoms with Crippen molar-refractivity contribution in [1.29, 1.82) is 0 Å². The summed E-state index contributed by atoms with van der Waals surface area (Å²) >= 11 is 0. The molecule has 88 valence electrons. The number of rotatable bonds is 6. The van der Waals surface area contributed by atoms with Crippen LogP contribution in [0.25, 0.3) is 0 Å². The second-order valence-electron chi connectivity index (χ2n) is 5.42. The van der Waals surface area contributed by atoms with Gasteiger partial charge >= 0.3 is 0 Å². The van der Waals surface area contributed by atoms with E-state index in [2.05, 4.69) is 6.92 Å². The summed E-state index contributed by atoms with van der Waals surface area (Å²) < 4.78 is 5.82. The summed E-state index contributed by atoms with van der Waals surface area (Å²) in [4.78, 5) is 0. The van der Waals surface area contributed by atoms with Crippen molar-refractivity contribution in [2.24, 2.45) is 11.7 Å². The van der Waals surface area contributed by atoms with Gasteiger partial charge in [0, 0.05) is 12.1 Å². The van der Waals surface area contributed by atoms with E-state index in [1.54, 1.807) is 0 Å². The molecule has 0 radical (unpaired) electrons. The first-order valence-electron chi connectivity index (χ1n) is 6.67. The van der Waals surface area contributed by atoms with E-state index >= 15 is 0 Å². The van der Waals surface area contributed by atoms with Crippen molar-refractivity contribution in [3.63, 3.8) is 0 Å². The number of hydrogen-bond acceptors (Lipinski definition) is 2. The summed E-state index contributed by atoms with van der Waals surface area (Å²) in [7, 11) is 0. The summed E-state index contributed by atoms with van der Waals surface area (Å²) in [5.41, 5.74) is 6.52. The molecule has 1 aliphatic carbocycles. The lowest BCUT2D eigenvalue weighted by Crippen LogP contribution is -2.48. The highest BCUT2D eigenvalue weighted by molar-refractivity contribution is 5.03. The minimum absolute atomic E-state index is 0.0227. The third kappa shape index (κ3) is 2.73. The molecule has 2 unspecified atom stereocenters. The predicted molar refractivity (Wildman–Crippen MR) is 62.8 cm³/mol. The zero-order chi connectivity index (χ0) is 10.7. The van der Waals surface area contributed by atoms with Crippen LogP contribution in [0.2, 0.25) is 0 Å². The molecular formula is C13H25NO. The van der Waals surface area contributed by atoms with E-state index in [4.69, 9.17) is 10.5 Å². The maximum atomic E-state index is 6.50. The quantitative estimate of drug-likeness (QED) is 0.686. The van der Waals surface area contributed by atoms with Crippen LogP contribution in [0.3, 0.4) is 0 Å². The maximum absolute atomic E-state index is 6.50. The fourth-order valence-electron chi connectivity index (χ4n) is 2.84. The average molecular weight is 211 g/mol. The van der Waals surface area contributed by atoms with E-state index in [1.807, 2.05) is 0 Å². The molecule has 0 aromatic heterocycles. The van der Waals surface area contributed by atoms with Crippen molar-refractivity contribution in [3.05, 3.63) is 0 Å². The maximum Gasteiger partial charge on any atom is 0.0783 e. The van der Waals surface area contributed by atoms with Gasteiger partial charge in [-0.25, -0.2) is 0 Å². The molecule has 2 fully saturated rings. The van der Waals surface area contributed by atoms with Gasteiger partial charge in [0.1, 0.15) is 0 Å². The molecule has 2 atom stereocenters. The van der Waals surface area contributed by atoms with Crippen LogP contribution in [0.1, 0.15) is 58.3 Å². The van der Waals surface area contributed by atoms with Gasteiger partial charge in [-0.15, -0.1) is 0 Å². The van der Waals surface area contributed by atoms with E-state index in [-0.39, 0.29) is 5.54 Å². The Balaban J connectivity index is 1.76. The molecule has 0 aromatic carbocycles. The number of ether oxygens (including phenoxy) is 1. The monoisotopic (exact) mass is 211 g/mol. The van der Waals surface area contributed by atoms with Crippen molar-refractivity contribution < 1.29 is 4.74 Å². The molecule has 0 spiro atoms. The average Bonchev–Trinajstić information content (AvgIpc) is 2.98. The molecule has 0 amide bonds. The van der Waals surface area contributed by atoms with Crippen LogP contribution in [0, 0.1) is 5.92 Å². The van der Waals surface area contributed by atoms with Crippen molar-refractivity contribution in [2.75, 3.05) is 6.61 Å². The number of hydrogen-bond donors (Lipinski definition) is 1. The Labute approximate surface area is 93.6 Å². The third-order valence-corrected chi connectivity index (χ3v) is 3.98. The van der Waals surface area contributed by atoms with Crippen molar-refractivity contribution >= 4 is 0 Å². The second-order valence-corrected chi connectivity index (χ2v) is 5.42. The summed E-state index contributed by atoms with van der Waals surface area (Å²) in [5.74, 6) is 0.795. The zero-order valence-corrected chi connectivity index (χ0v) is 10.0. The summed E-state index contributed by atoms with van der Waals surface area (Å²) in [6.45, 7) is 3.15. The normalized spacial score (nSPS) is 36.0. The van der Waals surface area contributed by atoms with E-state index in [0.717, 1.165) is 18.9 Å². The SMILES string of the molecule is CCCCCCC1(N)CCOC1C1CC1. The van der Waals surface area contributed by atoms with Crippen LogP contribution in [-0.2, 0) is 4.74 Å². The Bertz CT molecular complexity index is 203. The molecule has 1 aliphatic heterocycles. The molecule has 1 saturated carbocycles. The van der Waals surface area contributed by atoms with Crippen LogP contribution < -0.4 is 5.73 Å². The molecule has 2 heteroatoms. The van der Waals surface area contributed by atoms with Gasteiger partial charge in [0.15, 0.2) is 0 Å². The summed E-state index contributed by atoms with van der Waals surface area (Å²) in [6.07, 6.45) is 10.6. The molecular weight excluding hydrogens is 186 g/mol. The first kappa shape index (κ1) is 11.4. The Morgan fingerprint density at radius 3 is 2.73 bits per heavy atom. The molecule has 1 saturated heterocycles. The summed E-state index contributed by atoms with van der Waals surface area (Å²) in [6, 6.07) is 0. The smallest absolute Gasteiger partial charge is 0.0783 e. The summed E-state index contributed by atoms with van der Waals surface area (Å²) in [5, 5.41) is 0. The van der Waals surface area contributed by atoms with E-state index in [0.29, 0.717) is 6.10 Å². The fraction of sp³-hybridized carbons (Fsp3) is 1.00. The molecule has 2 aliphatic rings. The van der Waals surface area contributed by atoms with E-state index in [1.165, 1.54) is 44.9 Å². The van der Waals surface area contributed by atoms with Crippen LogP contribution in [0.4, 0.5) is 0 Å². The lowest BCUT2D eigenvalue weighted by atomic mass is 9.84. The van der Waals surface area contributed by atoms with Gasteiger partial charge in [-0.05, 0) is 31.6 Å². The number of unbranched alkanes of at least 4 members (excludes halogenated alkanes) is 3. The fourth-order valence-corrected chi connectivity index (χ4v) is 2.84. The molecule has 2 N–H and O–H groups in total. The minimum atomic E-state index is 0.0227. The standard InChI is InChI=1S/C13H25NO/c1-2-3-4-5-8-13(14)9-10-15-12(13)11-6-7-11/h11-12H,2-10,14H2,1H3. The van der Waals surface area contributed by atoms with Gasteiger partial charge in [-0.3, -0.25) is 0 Å². The van der Waals surface area contributed by atoms with Gasteiger partial charge in [0.05, 0.1) is 6.10 Å². The lowest BCUT2D eigenvalue weighted by molar-refractivity contribution is 0.0594. The van der Waals surface area contributed by atoms with Crippen LogP contribution in [0.15, 0.2) is 0 Å². The van der Waals surface area contributed by atoms with Gasteiger partial charge < -0.3 is 10.5 Å². The predicted octanol–water partition coefficient (Wildman–Crippen LogP) is 2.85. The largest absolute Gasteiger partial charge is 0.376 e. The Morgan fingerprint density at radius 2 is 2.07 bits per heavy atom. The van der Waals surface area contributed by atoms with Crippen molar-refractivity contribution in [1.82, 2.24) is 0 Å². The van der Waals surface area contributed by atoms with Crippen LogP contribution in [0.5, 0.6) is 0 Å². The Morgan fingerprint density at radius 1 is 1.27 bits per heavy atom. The number of nitrogens with two attached hydrogens (primary N) is 1. The highest BCUT2D eigenvalue weighted by Gasteiger charge is 2.48. The molecule has 15 heavy (non-hydrogen) atoms. The molecule has 0 bridgehead atoms. The van der Waals surface area contributed by atoms with Crippen LogP contribution in [-0.4, -0.2) is 18.2 Å². The van der Waals surface area contributed by atoms with Gasteiger partial charge in [0.25, 0.3) is 0 Å². The molecule has 0 aromatic rings. The minimum Gasteiger partial charge on any atom is -0.376 e. The van der Waals surface area contributed by atoms with Gasteiger partial charge in [-0.2, -0.15) is 0 Å².